The lowest BCUT2D eigenvalue weighted by Gasteiger charge is -2.23. The van der Waals surface area contributed by atoms with Crippen LogP contribution < -0.4 is 5.32 Å². The quantitative estimate of drug-likeness (QED) is 0.355. The highest BCUT2D eigenvalue weighted by molar-refractivity contribution is 6.31. The van der Waals surface area contributed by atoms with Gasteiger partial charge < -0.3 is 9.88 Å². The maximum atomic E-state index is 13.2. The third kappa shape index (κ3) is 1.72. The molecule has 1 fully saturated rings. The van der Waals surface area contributed by atoms with E-state index in [-0.39, 0.29) is 17.9 Å². The van der Waals surface area contributed by atoms with Gasteiger partial charge in [-0.15, -0.1) is 0 Å². The molecule has 2 atom stereocenters. The van der Waals surface area contributed by atoms with Gasteiger partial charge >= 0.3 is 0 Å². The summed E-state index contributed by atoms with van der Waals surface area (Å²) >= 11 is 0. The third-order valence-corrected chi connectivity index (χ3v) is 7.82. The Morgan fingerprint density at radius 1 is 0.871 bits per heavy atom. The molecule has 0 radical (unpaired) electrons. The van der Waals surface area contributed by atoms with Crippen LogP contribution >= 0.6 is 0 Å². The van der Waals surface area contributed by atoms with E-state index in [0.717, 1.165) is 61.1 Å². The Balaban J connectivity index is 1.79. The molecule has 5 aromatic rings. The van der Waals surface area contributed by atoms with Gasteiger partial charge in [0, 0.05) is 46.6 Å². The summed E-state index contributed by atoms with van der Waals surface area (Å²) in [5.41, 5.74) is 5.32. The highest BCUT2D eigenvalue weighted by atomic mass is 16.2. The van der Waals surface area contributed by atoms with Crippen molar-refractivity contribution in [2.45, 2.75) is 31.3 Å². The lowest BCUT2D eigenvalue weighted by Crippen LogP contribution is -2.12. The van der Waals surface area contributed by atoms with Gasteiger partial charge in [-0.25, -0.2) is 0 Å². The van der Waals surface area contributed by atoms with Crippen molar-refractivity contribution < 1.29 is 9.59 Å². The number of rotatable bonds is 0. The third-order valence-electron chi connectivity index (χ3n) is 7.82. The maximum absolute atomic E-state index is 13.2. The first-order valence-electron chi connectivity index (χ1n) is 11.0. The summed E-state index contributed by atoms with van der Waals surface area (Å²) in [6.45, 7) is 0.551. The van der Waals surface area contributed by atoms with Crippen molar-refractivity contribution >= 4 is 55.0 Å². The largest absolute Gasteiger partial charge is 0.348 e. The van der Waals surface area contributed by atoms with Crippen LogP contribution in [-0.2, 0) is 11.3 Å². The number of nitrogens with zero attached hydrogens (tertiary/aromatic N) is 1. The van der Waals surface area contributed by atoms with Gasteiger partial charge in [0.2, 0.25) is 0 Å². The summed E-state index contributed by atoms with van der Waals surface area (Å²) < 4.78 is 2.38. The van der Waals surface area contributed by atoms with Crippen molar-refractivity contribution in [2.24, 2.45) is 0 Å². The molecule has 1 aromatic heterocycles. The van der Waals surface area contributed by atoms with E-state index >= 15 is 0 Å². The van der Waals surface area contributed by atoms with Crippen molar-refractivity contribution in [3.63, 3.8) is 0 Å². The molecule has 3 heterocycles. The number of nitrogens with one attached hydrogen (secondary N) is 1. The van der Waals surface area contributed by atoms with Gasteiger partial charge in [0.25, 0.3) is 5.91 Å². The molecule has 4 nitrogen and oxygen atoms in total. The van der Waals surface area contributed by atoms with Crippen molar-refractivity contribution in [1.82, 2.24) is 9.88 Å². The second-order valence-corrected chi connectivity index (χ2v) is 9.19. The van der Waals surface area contributed by atoms with E-state index in [0.29, 0.717) is 18.7 Å². The Kier molecular flexibility index (Phi) is 2.67. The fourth-order valence-electron chi connectivity index (χ4n) is 6.68. The van der Waals surface area contributed by atoms with E-state index in [1.54, 1.807) is 0 Å². The zero-order valence-corrected chi connectivity index (χ0v) is 16.7. The Bertz CT molecular complexity index is 1690. The molecule has 1 amide bonds. The molecular formula is C27H18N2O2. The van der Waals surface area contributed by atoms with E-state index < -0.39 is 0 Å². The molecule has 4 heteroatoms. The topological polar surface area (TPSA) is 51.1 Å². The zero-order valence-electron chi connectivity index (χ0n) is 16.7. The normalized spacial score (nSPS) is 21.5. The number of ketones is 1. The summed E-state index contributed by atoms with van der Waals surface area (Å²) in [5, 5.41) is 9.90. The van der Waals surface area contributed by atoms with Crippen LogP contribution in [0.25, 0.3) is 43.4 Å². The Morgan fingerprint density at radius 3 is 2.52 bits per heavy atom. The molecule has 1 N–H and O–H groups in total. The summed E-state index contributed by atoms with van der Waals surface area (Å²) in [4.78, 5) is 26.3. The minimum absolute atomic E-state index is 0.00963. The first-order valence-corrected chi connectivity index (χ1v) is 11.0. The predicted octanol–water partition coefficient (Wildman–Crippen LogP) is 5.35. The summed E-state index contributed by atoms with van der Waals surface area (Å²) in [6.07, 6.45) is 1.38. The van der Waals surface area contributed by atoms with Crippen LogP contribution in [0.2, 0.25) is 0 Å². The molecule has 2 aliphatic heterocycles. The number of benzene rings is 4. The van der Waals surface area contributed by atoms with Gasteiger partial charge in [-0.3, -0.25) is 9.59 Å². The molecule has 0 saturated heterocycles. The highest BCUT2D eigenvalue weighted by Crippen LogP contribution is 2.52. The number of hydrogen-bond donors (Lipinski definition) is 1. The Morgan fingerprint density at radius 2 is 1.65 bits per heavy atom. The zero-order chi connectivity index (χ0) is 20.4. The van der Waals surface area contributed by atoms with Crippen LogP contribution in [0.5, 0.6) is 0 Å². The average Bonchev–Trinajstić information content (AvgIpc) is 3.45. The molecule has 8 rings (SSSR count). The summed E-state index contributed by atoms with van der Waals surface area (Å²) in [6, 6.07) is 19.2. The van der Waals surface area contributed by atoms with E-state index in [1.807, 2.05) is 6.07 Å². The number of aromatic nitrogens is 1. The van der Waals surface area contributed by atoms with Crippen LogP contribution in [0.15, 0.2) is 54.6 Å². The fourth-order valence-corrected chi connectivity index (χ4v) is 6.68. The molecular weight excluding hydrogens is 384 g/mol. The van der Waals surface area contributed by atoms with E-state index in [9.17, 15) is 9.59 Å². The van der Waals surface area contributed by atoms with Crippen molar-refractivity contribution in [1.29, 1.82) is 0 Å². The second kappa shape index (κ2) is 5.14. The van der Waals surface area contributed by atoms with E-state index in [2.05, 4.69) is 58.4 Å². The van der Waals surface area contributed by atoms with Gasteiger partial charge in [-0.05, 0) is 45.8 Å². The first-order chi connectivity index (χ1) is 15.2. The summed E-state index contributed by atoms with van der Waals surface area (Å²) in [5.74, 6) is 0.283. The molecule has 148 valence electrons. The highest BCUT2D eigenvalue weighted by Gasteiger charge is 2.40. The maximum Gasteiger partial charge on any atom is 0.252 e. The van der Waals surface area contributed by atoms with Crippen LogP contribution in [0, 0.1) is 0 Å². The van der Waals surface area contributed by atoms with Gasteiger partial charge in [-0.1, -0.05) is 42.5 Å². The van der Waals surface area contributed by atoms with Gasteiger partial charge in [0.15, 0.2) is 0 Å². The molecule has 0 unspecified atom stereocenters. The van der Waals surface area contributed by atoms with Crippen LogP contribution in [-0.4, -0.2) is 16.3 Å². The molecule has 1 saturated carbocycles. The van der Waals surface area contributed by atoms with Crippen molar-refractivity contribution in [3.8, 4) is 0 Å². The monoisotopic (exact) mass is 402 g/mol. The van der Waals surface area contributed by atoms with Crippen LogP contribution in [0.3, 0.4) is 0 Å². The SMILES string of the molecule is O=C1NCc2c1c1c3ccccc3n3c1c1cc(c4ccccc4c21)[C@H]1C[C@@H]3CC1=O. The molecule has 0 spiro atoms. The van der Waals surface area contributed by atoms with Gasteiger partial charge in [0.1, 0.15) is 5.78 Å². The van der Waals surface area contributed by atoms with E-state index in [4.69, 9.17) is 0 Å². The van der Waals surface area contributed by atoms with Gasteiger partial charge in [0.05, 0.1) is 11.1 Å². The van der Waals surface area contributed by atoms with Crippen molar-refractivity contribution in [3.05, 3.63) is 71.3 Å². The average molecular weight is 402 g/mol. The second-order valence-electron chi connectivity index (χ2n) is 9.19. The number of fused-ring (bicyclic) bond motifs is 14. The minimum Gasteiger partial charge on any atom is -0.348 e. The molecule has 3 aliphatic rings. The molecule has 31 heavy (non-hydrogen) atoms. The fraction of sp³-hybridized carbons (Fsp3) is 0.185. The lowest BCUT2D eigenvalue weighted by molar-refractivity contribution is -0.118. The Labute approximate surface area is 177 Å². The Hall–Kier alpha value is -3.66. The number of para-hydroxylation sites is 1. The molecule has 4 bridgehead atoms. The number of carbonyl (C=O) groups is 2. The van der Waals surface area contributed by atoms with Crippen LogP contribution in [0.4, 0.5) is 0 Å². The molecule has 4 aromatic carbocycles. The van der Waals surface area contributed by atoms with Crippen molar-refractivity contribution in [2.75, 3.05) is 0 Å². The first kappa shape index (κ1) is 16.1. The number of carbonyl (C=O) groups excluding carboxylic acids is 2. The van der Waals surface area contributed by atoms with Crippen LogP contribution in [0.1, 0.15) is 46.3 Å². The minimum atomic E-state index is -0.0586. The van der Waals surface area contributed by atoms with E-state index in [1.165, 1.54) is 5.39 Å². The predicted molar refractivity (Wildman–Crippen MR) is 122 cm³/mol. The lowest BCUT2D eigenvalue weighted by atomic mass is 9.84. The number of hydrogen-bond acceptors (Lipinski definition) is 2. The summed E-state index contributed by atoms with van der Waals surface area (Å²) in [7, 11) is 0. The number of amides is 1. The number of Topliss-reactive ketones (excluding diaryl/α,β-unsaturated/α-hetero) is 1. The standard InChI is InChI=1S/C27H18N2O2/c30-22-10-13-9-18(22)17-11-19-23(15-6-2-1-5-14(15)17)20-12-28-27(31)25(20)24-16-7-3-4-8-21(16)29(13)26(19)24/h1-8,11,13,18H,9-10,12H2,(H,28,31)/t13-,18-/m1/s1. The van der Waals surface area contributed by atoms with Gasteiger partial charge in [-0.2, -0.15) is 0 Å². The molecule has 1 aliphatic carbocycles. The smallest absolute Gasteiger partial charge is 0.252 e.